The highest BCUT2D eigenvalue weighted by Crippen LogP contribution is 2.37. The number of aryl methyl sites for hydroxylation is 4. The summed E-state index contributed by atoms with van der Waals surface area (Å²) < 4.78 is 2.14. The van der Waals surface area contributed by atoms with Crippen molar-refractivity contribution in [1.29, 1.82) is 0 Å². The first kappa shape index (κ1) is 15.0. The summed E-state index contributed by atoms with van der Waals surface area (Å²) in [7, 11) is 0. The number of hydrogen-bond acceptors (Lipinski definition) is 4. The molecule has 3 aromatic heterocycles. The van der Waals surface area contributed by atoms with Gasteiger partial charge in [0.1, 0.15) is 17.5 Å². The van der Waals surface area contributed by atoms with Crippen molar-refractivity contribution in [3.63, 3.8) is 0 Å². The van der Waals surface area contributed by atoms with Crippen LogP contribution in [0.2, 0.25) is 0 Å². The molecule has 0 amide bonds. The fourth-order valence-corrected chi connectivity index (χ4v) is 5.09. The molecule has 0 saturated carbocycles. The topological polar surface area (TPSA) is 43.6 Å². The van der Waals surface area contributed by atoms with Gasteiger partial charge in [-0.15, -0.1) is 11.3 Å². The highest BCUT2D eigenvalue weighted by Gasteiger charge is 2.20. The quantitative estimate of drug-likeness (QED) is 0.459. The van der Waals surface area contributed by atoms with Gasteiger partial charge in [-0.3, -0.25) is 4.57 Å². The highest BCUT2D eigenvalue weighted by atomic mass is 32.1. The Hall–Kier alpha value is -2.27. The molecule has 126 valence electrons. The van der Waals surface area contributed by atoms with Crippen LogP contribution >= 0.6 is 11.3 Å². The van der Waals surface area contributed by atoms with Gasteiger partial charge in [0.2, 0.25) is 0 Å². The van der Waals surface area contributed by atoms with E-state index in [1.54, 1.807) is 6.33 Å². The molecule has 5 heteroatoms. The van der Waals surface area contributed by atoms with E-state index in [1.807, 2.05) is 17.7 Å². The van der Waals surface area contributed by atoms with E-state index in [1.165, 1.54) is 52.6 Å². The first-order valence-electron chi connectivity index (χ1n) is 8.92. The second kappa shape index (κ2) is 5.63. The predicted octanol–water partition coefficient (Wildman–Crippen LogP) is 4.92. The molecule has 0 atom stereocenters. The summed E-state index contributed by atoms with van der Waals surface area (Å²) in [6.07, 6.45) is 9.79. The highest BCUT2D eigenvalue weighted by molar-refractivity contribution is 7.18. The fraction of sp³-hybridized carbons (Fsp3) is 0.350. The molecule has 0 fully saturated rings. The average Bonchev–Trinajstić information content (AvgIpc) is 3.08. The third-order valence-electron chi connectivity index (χ3n) is 5.37. The van der Waals surface area contributed by atoms with Gasteiger partial charge in [-0.1, -0.05) is 6.42 Å². The summed E-state index contributed by atoms with van der Waals surface area (Å²) in [6.45, 7) is 4.29. The average molecular weight is 348 g/mol. The van der Waals surface area contributed by atoms with Gasteiger partial charge >= 0.3 is 0 Å². The molecule has 25 heavy (non-hydrogen) atoms. The summed E-state index contributed by atoms with van der Waals surface area (Å²) in [6, 6.07) is 4.38. The first-order chi connectivity index (χ1) is 12.2. The van der Waals surface area contributed by atoms with Gasteiger partial charge in [-0.25, -0.2) is 15.0 Å². The number of rotatable bonds is 1. The molecule has 1 aliphatic carbocycles. The molecule has 0 saturated heterocycles. The van der Waals surface area contributed by atoms with Crippen LogP contribution < -0.4 is 0 Å². The molecule has 3 heterocycles. The van der Waals surface area contributed by atoms with E-state index in [2.05, 4.69) is 45.5 Å². The number of hydrogen-bond donors (Lipinski definition) is 0. The van der Waals surface area contributed by atoms with Crippen LogP contribution in [0.4, 0.5) is 0 Å². The van der Waals surface area contributed by atoms with Crippen molar-refractivity contribution in [1.82, 2.24) is 19.5 Å². The predicted molar refractivity (Wildman–Crippen MR) is 103 cm³/mol. The fourth-order valence-electron chi connectivity index (χ4n) is 3.87. The van der Waals surface area contributed by atoms with Gasteiger partial charge in [0.25, 0.3) is 0 Å². The lowest BCUT2D eigenvalue weighted by Gasteiger charge is -2.08. The van der Waals surface area contributed by atoms with Crippen LogP contribution in [-0.2, 0) is 12.8 Å². The van der Waals surface area contributed by atoms with E-state index >= 15 is 0 Å². The molecule has 4 nitrogen and oxygen atoms in total. The van der Waals surface area contributed by atoms with Crippen LogP contribution in [-0.4, -0.2) is 19.5 Å². The van der Waals surface area contributed by atoms with Crippen molar-refractivity contribution in [2.45, 2.75) is 46.0 Å². The largest absolute Gasteiger partial charge is 0.282 e. The van der Waals surface area contributed by atoms with Crippen molar-refractivity contribution >= 4 is 32.6 Å². The summed E-state index contributed by atoms with van der Waals surface area (Å²) in [4.78, 5) is 16.5. The minimum atomic E-state index is 0.982. The lowest BCUT2D eigenvalue weighted by atomic mass is 10.1. The van der Waals surface area contributed by atoms with Crippen LogP contribution in [0.25, 0.3) is 27.1 Å². The molecule has 0 spiro atoms. The van der Waals surface area contributed by atoms with Gasteiger partial charge in [-0.05, 0) is 68.4 Å². The normalized spacial score (nSPS) is 14.8. The van der Waals surface area contributed by atoms with Crippen molar-refractivity contribution in [2.24, 2.45) is 0 Å². The Morgan fingerprint density at radius 2 is 1.80 bits per heavy atom. The van der Waals surface area contributed by atoms with Crippen molar-refractivity contribution < 1.29 is 0 Å². The van der Waals surface area contributed by atoms with Crippen LogP contribution in [0.5, 0.6) is 0 Å². The van der Waals surface area contributed by atoms with Gasteiger partial charge in [0.15, 0.2) is 5.82 Å². The Morgan fingerprint density at radius 3 is 2.72 bits per heavy atom. The number of aromatic nitrogens is 4. The number of imidazole rings is 1. The number of benzene rings is 1. The zero-order chi connectivity index (χ0) is 17.0. The monoisotopic (exact) mass is 348 g/mol. The Labute approximate surface area is 150 Å². The maximum Gasteiger partial charge on any atom is 0.150 e. The molecular formula is C20H20N4S. The lowest BCUT2D eigenvalue weighted by Crippen LogP contribution is -1.99. The van der Waals surface area contributed by atoms with Crippen LogP contribution in [0, 0.1) is 13.8 Å². The second-order valence-corrected chi connectivity index (χ2v) is 8.07. The Bertz CT molecular complexity index is 1110. The SMILES string of the molecule is Cc1cc2ncn(-c3ncnc4sc5c(c34)CCCCC5)c2cc1C. The molecule has 0 N–H and O–H groups in total. The van der Waals surface area contributed by atoms with E-state index in [4.69, 9.17) is 0 Å². The maximum absolute atomic E-state index is 4.68. The molecule has 0 bridgehead atoms. The molecule has 1 aliphatic rings. The minimum Gasteiger partial charge on any atom is -0.282 e. The molecule has 0 aliphatic heterocycles. The first-order valence-corrected chi connectivity index (χ1v) is 9.74. The van der Waals surface area contributed by atoms with Crippen LogP contribution in [0.15, 0.2) is 24.8 Å². The van der Waals surface area contributed by atoms with Crippen molar-refractivity contribution in [2.75, 3.05) is 0 Å². The molecule has 0 unspecified atom stereocenters. The zero-order valence-corrected chi connectivity index (χ0v) is 15.4. The van der Waals surface area contributed by atoms with Gasteiger partial charge in [0.05, 0.1) is 16.4 Å². The van der Waals surface area contributed by atoms with Gasteiger partial charge in [-0.2, -0.15) is 0 Å². The number of fused-ring (bicyclic) bond motifs is 4. The molecule has 0 radical (unpaired) electrons. The third-order valence-corrected chi connectivity index (χ3v) is 6.57. The van der Waals surface area contributed by atoms with Crippen molar-refractivity contribution in [3.8, 4) is 5.82 Å². The van der Waals surface area contributed by atoms with Gasteiger partial charge in [0, 0.05) is 4.88 Å². The molecule has 1 aromatic carbocycles. The number of nitrogens with zero attached hydrogens (tertiary/aromatic N) is 4. The Kier molecular flexibility index (Phi) is 3.38. The summed E-state index contributed by atoms with van der Waals surface area (Å²) in [5.74, 6) is 0.982. The van der Waals surface area contributed by atoms with Crippen molar-refractivity contribution in [3.05, 3.63) is 46.4 Å². The maximum atomic E-state index is 4.68. The van der Waals surface area contributed by atoms with E-state index in [9.17, 15) is 0 Å². The Morgan fingerprint density at radius 1 is 0.960 bits per heavy atom. The standard InChI is InChI=1S/C20H20N4S/c1-12-8-15-16(9-13(12)2)24(11-23-15)19-18-14-6-4-3-5-7-17(14)25-20(18)22-10-21-19/h8-11H,3-7H2,1-2H3. The Balaban J connectivity index is 1.81. The van der Waals surface area contributed by atoms with Crippen LogP contribution in [0.1, 0.15) is 40.8 Å². The van der Waals surface area contributed by atoms with E-state index in [0.717, 1.165) is 28.1 Å². The lowest BCUT2D eigenvalue weighted by molar-refractivity contribution is 0.713. The van der Waals surface area contributed by atoms with E-state index in [-0.39, 0.29) is 0 Å². The van der Waals surface area contributed by atoms with Crippen LogP contribution in [0.3, 0.4) is 0 Å². The van der Waals surface area contributed by atoms with E-state index in [0.29, 0.717) is 0 Å². The second-order valence-electron chi connectivity index (χ2n) is 6.98. The smallest absolute Gasteiger partial charge is 0.150 e. The summed E-state index contributed by atoms with van der Waals surface area (Å²) >= 11 is 1.85. The summed E-state index contributed by atoms with van der Waals surface area (Å²) in [5, 5.41) is 1.24. The summed E-state index contributed by atoms with van der Waals surface area (Å²) in [5.41, 5.74) is 6.17. The minimum absolute atomic E-state index is 0.982. The zero-order valence-electron chi connectivity index (χ0n) is 14.5. The molecule has 5 rings (SSSR count). The number of thiophene rings is 1. The molecular weight excluding hydrogens is 328 g/mol. The molecule has 4 aromatic rings. The third kappa shape index (κ3) is 2.29. The van der Waals surface area contributed by atoms with Gasteiger partial charge < -0.3 is 0 Å². The van der Waals surface area contributed by atoms with E-state index < -0.39 is 0 Å².